The number of nitrogens with one attached hydrogen (secondary N) is 1. The smallest absolute Gasteiger partial charge is 0.261 e. The minimum Gasteiger partial charge on any atom is -0.310 e. The quantitative estimate of drug-likeness (QED) is 0.573. The molecule has 0 aliphatic carbocycles. The number of benzene rings is 1. The highest BCUT2D eigenvalue weighted by Gasteiger charge is 2.19. The Kier molecular flexibility index (Phi) is 4.56. The second kappa shape index (κ2) is 7.18. The van der Waals surface area contributed by atoms with Gasteiger partial charge in [-0.2, -0.15) is 9.78 Å². The van der Waals surface area contributed by atoms with E-state index in [0.717, 1.165) is 0 Å². The number of hydrogen-bond acceptors (Lipinski definition) is 5. The number of hydrogen-bond donors (Lipinski definition) is 1. The van der Waals surface area contributed by atoms with Gasteiger partial charge in [-0.25, -0.2) is 14.4 Å². The molecule has 4 rings (SSSR count). The van der Waals surface area contributed by atoms with E-state index < -0.39 is 0 Å². The fourth-order valence-corrected chi connectivity index (χ4v) is 2.86. The molecule has 3 aromatic heterocycles. The summed E-state index contributed by atoms with van der Waals surface area (Å²) in [6, 6.07) is 8.22. The third-order valence-corrected chi connectivity index (χ3v) is 4.30. The van der Waals surface area contributed by atoms with E-state index >= 15 is 0 Å². The maximum atomic E-state index is 14.0. The zero-order valence-electron chi connectivity index (χ0n) is 15.4. The molecule has 3 heterocycles. The van der Waals surface area contributed by atoms with Gasteiger partial charge in [0.15, 0.2) is 17.5 Å². The highest BCUT2D eigenvalue weighted by atomic mass is 19.1. The molecule has 0 fully saturated rings. The zero-order chi connectivity index (χ0) is 19.7. The van der Waals surface area contributed by atoms with Crippen molar-refractivity contribution in [1.29, 1.82) is 0 Å². The predicted molar refractivity (Wildman–Crippen MR) is 101 cm³/mol. The van der Waals surface area contributed by atoms with Crippen molar-refractivity contribution in [3.63, 3.8) is 0 Å². The summed E-state index contributed by atoms with van der Waals surface area (Å²) >= 11 is 0. The molecule has 142 valence electrons. The monoisotopic (exact) mass is 379 g/mol. The van der Waals surface area contributed by atoms with E-state index in [-0.39, 0.29) is 23.4 Å². The fraction of sp³-hybridized carbons (Fsp3) is 0.211. The Morgan fingerprint density at radius 2 is 2.00 bits per heavy atom. The molecule has 0 aliphatic heterocycles. The van der Waals surface area contributed by atoms with Crippen molar-refractivity contribution in [2.24, 2.45) is 7.05 Å². The molecule has 0 saturated carbocycles. The van der Waals surface area contributed by atoms with Crippen molar-refractivity contribution in [2.45, 2.75) is 19.8 Å². The highest BCUT2D eigenvalue weighted by molar-refractivity contribution is 5.55. The van der Waals surface area contributed by atoms with Crippen molar-refractivity contribution in [3.8, 4) is 17.2 Å². The van der Waals surface area contributed by atoms with Crippen molar-refractivity contribution < 1.29 is 4.39 Å². The van der Waals surface area contributed by atoms with Crippen molar-refractivity contribution in [2.75, 3.05) is 0 Å². The van der Waals surface area contributed by atoms with E-state index in [1.807, 2.05) is 6.92 Å². The fourth-order valence-electron chi connectivity index (χ4n) is 2.86. The summed E-state index contributed by atoms with van der Waals surface area (Å²) in [6.45, 7) is 1.90. The Morgan fingerprint density at radius 3 is 2.68 bits per heavy atom. The van der Waals surface area contributed by atoms with Crippen LogP contribution >= 0.6 is 0 Å². The molecule has 1 aromatic carbocycles. The lowest BCUT2D eigenvalue weighted by Gasteiger charge is -2.02. The molecule has 8 nitrogen and oxygen atoms in total. The van der Waals surface area contributed by atoms with E-state index in [1.165, 1.54) is 16.9 Å². The molecule has 0 radical (unpaired) electrons. The van der Waals surface area contributed by atoms with Crippen LogP contribution in [0.3, 0.4) is 0 Å². The zero-order valence-corrected chi connectivity index (χ0v) is 15.4. The minimum atomic E-state index is -0.329. The minimum absolute atomic E-state index is 0.192. The lowest BCUT2D eigenvalue weighted by molar-refractivity contribution is 0.612. The highest BCUT2D eigenvalue weighted by Crippen LogP contribution is 2.19. The summed E-state index contributed by atoms with van der Waals surface area (Å²) in [6.07, 6.45) is 4.05. The Balaban J connectivity index is 1.83. The number of H-pyrrole nitrogens is 1. The number of aromatic amines is 1. The number of aromatic nitrogens is 7. The summed E-state index contributed by atoms with van der Waals surface area (Å²) in [7, 11) is 1.78. The van der Waals surface area contributed by atoms with Gasteiger partial charge in [0.25, 0.3) is 5.56 Å². The van der Waals surface area contributed by atoms with Crippen molar-refractivity contribution in [1.82, 2.24) is 34.5 Å². The van der Waals surface area contributed by atoms with Crippen molar-refractivity contribution >= 4 is 0 Å². The first kappa shape index (κ1) is 17.8. The number of rotatable bonds is 5. The van der Waals surface area contributed by atoms with Crippen LogP contribution in [-0.4, -0.2) is 34.5 Å². The van der Waals surface area contributed by atoms with E-state index in [4.69, 9.17) is 0 Å². The van der Waals surface area contributed by atoms with Crippen LogP contribution in [0.2, 0.25) is 0 Å². The predicted octanol–water partition coefficient (Wildman–Crippen LogP) is 2.04. The molecule has 0 spiro atoms. The number of aryl methyl sites for hydroxylation is 2. The standard InChI is InChI=1S/C19H18FN7O/c1-3-15-21-11-13(19(28)23-15)18-22-16(10-12-6-4-5-7-14(12)20)24-27(18)17-8-9-26(2)25-17/h4-9,11H,3,10H2,1-2H3,(H,21,23,28). The SMILES string of the molecule is CCc1ncc(-c2nc(Cc3ccccc3F)nn2-c2ccn(C)n2)c(=O)[nH]1. The summed E-state index contributed by atoms with van der Waals surface area (Å²) in [5, 5.41) is 8.81. The van der Waals surface area contributed by atoms with E-state index in [1.54, 1.807) is 42.2 Å². The molecule has 9 heteroatoms. The molecule has 4 aromatic rings. The topological polar surface area (TPSA) is 94.3 Å². The van der Waals surface area contributed by atoms with Crippen LogP contribution in [0.25, 0.3) is 17.2 Å². The van der Waals surface area contributed by atoms with Gasteiger partial charge in [0.2, 0.25) is 0 Å². The van der Waals surface area contributed by atoms with Crippen LogP contribution in [0.1, 0.15) is 24.1 Å². The van der Waals surface area contributed by atoms with E-state index in [0.29, 0.717) is 35.3 Å². The van der Waals surface area contributed by atoms with Gasteiger partial charge >= 0.3 is 0 Å². The van der Waals surface area contributed by atoms with Gasteiger partial charge in [-0.15, -0.1) is 5.10 Å². The van der Waals surface area contributed by atoms with Crippen LogP contribution in [0.4, 0.5) is 4.39 Å². The first-order valence-electron chi connectivity index (χ1n) is 8.83. The third kappa shape index (κ3) is 3.34. The third-order valence-electron chi connectivity index (χ3n) is 4.30. The van der Waals surface area contributed by atoms with Gasteiger partial charge in [-0.1, -0.05) is 25.1 Å². The van der Waals surface area contributed by atoms with Gasteiger partial charge in [0.05, 0.1) is 0 Å². The maximum Gasteiger partial charge on any atom is 0.261 e. The van der Waals surface area contributed by atoms with Crippen LogP contribution < -0.4 is 5.56 Å². The van der Waals surface area contributed by atoms with Gasteiger partial charge in [0, 0.05) is 38.3 Å². The largest absolute Gasteiger partial charge is 0.310 e. The maximum absolute atomic E-state index is 14.0. The summed E-state index contributed by atoms with van der Waals surface area (Å²) in [5.41, 5.74) is 0.435. The molecule has 1 N–H and O–H groups in total. The van der Waals surface area contributed by atoms with Crippen molar-refractivity contribution in [3.05, 3.63) is 76.1 Å². The number of halogens is 1. The van der Waals surface area contributed by atoms with Gasteiger partial charge in [0.1, 0.15) is 17.2 Å². The summed E-state index contributed by atoms with van der Waals surface area (Å²) < 4.78 is 17.1. The Labute approximate surface area is 159 Å². The molecule has 0 saturated heterocycles. The Bertz CT molecular complexity index is 1190. The first-order chi connectivity index (χ1) is 13.5. The second-order valence-electron chi connectivity index (χ2n) is 6.31. The number of nitrogens with zero attached hydrogens (tertiary/aromatic N) is 6. The molecule has 0 aliphatic rings. The van der Waals surface area contributed by atoms with Crippen LogP contribution in [0.5, 0.6) is 0 Å². The van der Waals surface area contributed by atoms with Gasteiger partial charge < -0.3 is 4.98 Å². The molecule has 28 heavy (non-hydrogen) atoms. The molecule has 0 atom stereocenters. The van der Waals surface area contributed by atoms with Gasteiger partial charge in [-0.3, -0.25) is 9.48 Å². The second-order valence-corrected chi connectivity index (χ2v) is 6.31. The van der Waals surface area contributed by atoms with Gasteiger partial charge in [-0.05, 0) is 11.6 Å². The average molecular weight is 379 g/mol. The summed E-state index contributed by atoms with van der Waals surface area (Å²) in [4.78, 5) is 24.0. The molecule has 0 amide bonds. The average Bonchev–Trinajstić information content (AvgIpc) is 3.29. The van der Waals surface area contributed by atoms with Crippen LogP contribution in [-0.2, 0) is 19.9 Å². The van der Waals surface area contributed by atoms with Crippen LogP contribution in [0.15, 0.2) is 47.5 Å². The summed E-state index contributed by atoms with van der Waals surface area (Å²) in [5.74, 6) is 1.45. The molecular weight excluding hydrogens is 361 g/mol. The molecule has 0 unspecified atom stereocenters. The van der Waals surface area contributed by atoms with Crippen LogP contribution in [0, 0.1) is 5.82 Å². The van der Waals surface area contributed by atoms with E-state index in [2.05, 4.69) is 25.1 Å². The molecule has 0 bridgehead atoms. The Morgan fingerprint density at radius 1 is 1.18 bits per heavy atom. The first-order valence-corrected chi connectivity index (χ1v) is 8.83. The van der Waals surface area contributed by atoms with E-state index in [9.17, 15) is 9.18 Å². The normalized spacial score (nSPS) is 11.1. The Hall–Kier alpha value is -3.62. The molecular formula is C19H18FN7O. The lowest BCUT2D eigenvalue weighted by atomic mass is 10.1. The lowest BCUT2D eigenvalue weighted by Crippen LogP contribution is -2.15.